The summed E-state index contributed by atoms with van der Waals surface area (Å²) in [5, 5.41) is 0.679. The number of hydrogen-bond acceptors (Lipinski definition) is 4. The Morgan fingerprint density at radius 1 is 0.964 bits per heavy atom. The van der Waals surface area contributed by atoms with Crippen LogP contribution in [0.4, 0.5) is 5.69 Å². The van der Waals surface area contributed by atoms with Crippen molar-refractivity contribution in [2.45, 2.75) is 6.42 Å². The lowest BCUT2D eigenvalue weighted by Gasteiger charge is -2.37. The summed E-state index contributed by atoms with van der Waals surface area (Å²) in [4.78, 5) is 42.7. The first-order valence-corrected chi connectivity index (χ1v) is 9.61. The average molecular weight is 398 g/mol. The van der Waals surface area contributed by atoms with Crippen LogP contribution in [0, 0.1) is 0 Å². The highest BCUT2D eigenvalue weighted by molar-refractivity contribution is 6.30. The van der Waals surface area contributed by atoms with Crippen LogP contribution in [0.25, 0.3) is 0 Å². The normalized spacial score (nSPS) is 17.0. The van der Waals surface area contributed by atoms with E-state index in [1.807, 2.05) is 24.3 Å². The molecule has 0 aliphatic carbocycles. The second kappa shape index (κ2) is 7.64. The minimum absolute atomic E-state index is 0.151. The van der Waals surface area contributed by atoms with E-state index in [0.717, 1.165) is 16.2 Å². The molecule has 4 rings (SSSR count). The first-order valence-electron chi connectivity index (χ1n) is 9.24. The molecule has 28 heavy (non-hydrogen) atoms. The number of anilines is 1. The highest BCUT2D eigenvalue weighted by Gasteiger charge is 2.33. The molecule has 0 aromatic heterocycles. The standard InChI is InChI=1S/C21H20ClN3O3/c22-16-5-3-6-17(13-16)23-8-10-24(11-9-23)20(27)14-25-19(26)12-15-4-1-2-7-18(15)21(25)28/h1-7,13H,8-12,14H2. The zero-order valence-electron chi connectivity index (χ0n) is 15.3. The second-order valence-electron chi connectivity index (χ2n) is 6.97. The number of piperazine rings is 1. The third-order valence-corrected chi connectivity index (χ3v) is 5.47. The van der Waals surface area contributed by atoms with Crippen LogP contribution in [-0.4, -0.2) is 60.2 Å². The van der Waals surface area contributed by atoms with E-state index in [-0.39, 0.29) is 24.8 Å². The molecule has 0 bridgehead atoms. The lowest BCUT2D eigenvalue weighted by atomic mass is 9.98. The first-order chi connectivity index (χ1) is 13.5. The molecule has 2 aliphatic rings. The molecule has 1 fully saturated rings. The Balaban J connectivity index is 1.38. The van der Waals surface area contributed by atoms with E-state index in [1.165, 1.54) is 0 Å². The number of rotatable bonds is 3. The Kier molecular flexibility index (Phi) is 5.05. The SMILES string of the molecule is O=C(CN1C(=O)Cc2ccccc2C1=O)N1CCN(c2cccc(Cl)c2)CC1. The van der Waals surface area contributed by atoms with Crippen LogP contribution in [0.3, 0.4) is 0 Å². The molecule has 6 nitrogen and oxygen atoms in total. The van der Waals surface area contributed by atoms with E-state index in [9.17, 15) is 14.4 Å². The van der Waals surface area contributed by atoms with Crippen molar-refractivity contribution in [3.05, 3.63) is 64.7 Å². The van der Waals surface area contributed by atoms with Gasteiger partial charge in [-0.25, -0.2) is 0 Å². The third-order valence-electron chi connectivity index (χ3n) is 5.23. The summed E-state index contributed by atoms with van der Waals surface area (Å²) < 4.78 is 0. The van der Waals surface area contributed by atoms with Gasteiger partial charge in [0.2, 0.25) is 11.8 Å². The van der Waals surface area contributed by atoms with Gasteiger partial charge in [0.1, 0.15) is 6.54 Å². The molecular formula is C21H20ClN3O3. The largest absolute Gasteiger partial charge is 0.368 e. The van der Waals surface area contributed by atoms with Crippen LogP contribution in [-0.2, 0) is 16.0 Å². The van der Waals surface area contributed by atoms with Crippen LogP contribution < -0.4 is 4.90 Å². The predicted molar refractivity (Wildman–Crippen MR) is 106 cm³/mol. The Bertz CT molecular complexity index is 938. The molecule has 2 aliphatic heterocycles. The van der Waals surface area contributed by atoms with Crippen LogP contribution in [0.2, 0.25) is 5.02 Å². The van der Waals surface area contributed by atoms with Gasteiger partial charge in [0.25, 0.3) is 5.91 Å². The van der Waals surface area contributed by atoms with Gasteiger partial charge in [-0.15, -0.1) is 0 Å². The molecule has 0 spiro atoms. The van der Waals surface area contributed by atoms with E-state index >= 15 is 0 Å². The maximum Gasteiger partial charge on any atom is 0.261 e. The summed E-state index contributed by atoms with van der Waals surface area (Å²) in [7, 11) is 0. The predicted octanol–water partition coefficient (Wildman–Crippen LogP) is 2.21. The van der Waals surface area contributed by atoms with Crippen molar-refractivity contribution in [2.75, 3.05) is 37.6 Å². The van der Waals surface area contributed by atoms with Crippen molar-refractivity contribution in [1.29, 1.82) is 0 Å². The van der Waals surface area contributed by atoms with E-state index in [0.29, 0.717) is 36.8 Å². The van der Waals surface area contributed by atoms with Gasteiger partial charge >= 0.3 is 0 Å². The third kappa shape index (κ3) is 3.60. The smallest absolute Gasteiger partial charge is 0.261 e. The quantitative estimate of drug-likeness (QED) is 0.745. The zero-order valence-corrected chi connectivity index (χ0v) is 16.1. The van der Waals surface area contributed by atoms with Crippen molar-refractivity contribution < 1.29 is 14.4 Å². The minimum Gasteiger partial charge on any atom is -0.368 e. The summed E-state index contributed by atoms with van der Waals surface area (Å²) in [6.07, 6.45) is 0.151. The van der Waals surface area contributed by atoms with Crippen molar-refractivity contribution in [1.82, 2.24) is 9.80 Å². The molecule has 0 radical (unpaired) electrons. The summed E-state index contributed by atoms with van der Waals surface area (Å²) >= 11 is 6.05. The Labute approximate surface area is 168 Å². The number of nitrogens with zero attached hydrogens (tertiary/aromatic N) is 3. The number of amides is 3. The molecule has 0 atom stereocenters. The van der Waals surface area contributed by atoms with Crippen molar-refractivity contribution in [3.63, 3.8) is 0 Å². The van der Waals surface area contributed by atoms with Gasteiger partial charge in [-0.05, 0) is 29.8 Å². The van der Waals surface area contributed by atoms with Crippen molar-refractivity contribution in [2.24, 2.45) is 0 Å². The Morgan fingerprint density at radius 2 is 1.71 bits per heavy atom. The Morgan fingerprint density at radius 3 is 2.46 bits per heavy atom. The number of hydrogen-bond donors (Lipinski definition) is 0. The minimum atomic E-state index is -0.391. The van der Waals surface area contributed by atoms with Gasteiger partial charge in [0, 0.05) is 42.5 Å². The Hall–Kier alpha value is -2.86. The fourth-order valence-electron chi connectivity index (χ4n) is 3.68. The highest BCUT2D eigenvalue weighted by atomic mass is 35.5. The van der Waals surface area contributed by atoms with E-state index in [1.54, 1.807) is 29.2 Å². The molecule has 7 heteroatoms. The second-order valence-corrected chi connectivity index (χ2v) is 7.40. The van der Waals surface area contributed by atoms with Crippen LogP contribution in [0.1, 0.15) is 15.9 Å². The van der Waals surface area contributed by atoms with Gasteiger partial charge in [-0.3, -0.25) is 19.3 Å². The molecule has 2 aromatic rings. The fourth-order valence-corrected chi connectivity index (χ4v) is 3.87. The number of carbonyl (C=O) groups excluding carboxylic acids is 3. The fraction of sp³-hybridized carbons (Fsp3) is 0.286. The molecule has 0 saturated carbocycles. The summed E-state index contributed by atoms with van der Waals surface area (Å²) in [6.45, 7) is 2.23. The zero-order chi connectivity index (χ0) is 19.7. The van der Waals surface area contributed by atoms with Gasteiger partial charge < -0.3 is 9.80 Å². The lowest BCUT2D eigenvalue weighted by molar-refractivity contribution is -0.138. The van der Waals surface area contributed by atoms with Crippen molar-refractivity contribution in [3.8, 4) is 0 Å². The first kappa shape index (κ1) is 18.5. The summed E-state index contributed by atoms with van der Waals surface area (Å²) in [5.74, 6) is -0.917. The van der Waals surface area contributed by atoms with Gasteiger partial charge in [0.05, 0.1) is 6.42 Å². The number of carbonyl (C=O) groups is 3. The number of halogens is 1. The number of imide groups is 1. The number of fused-ring (bicyclic) bond motifs is 1. The maximum atomic E-state index is 12.7. The number of benzene rings is 2. The average Bonchev–Trinajstić information content (AvgIpc) is 2.71. The monoisotopic (exact) mass is 397 g/mol. The molecule has 2 heterocycles. The van der Waals surface area contributed by atoms with Gasteiger partial charge in [0.15, 0.2) is 0 Å². The summed E-state index contributed by atoms with van der Waals surface area (Å²) in [6, 6.07) is 14.7. The molecule has 2 aromatic carbocycles. The van der Waals surface area contributed by atoms with E-state index < -0.39 is 5.91 Å². The van der Waals surface area contributed by atoms with E-state index in [4.69, 9.17) is 11.6 Å². The molecule has 0 N–H and O–H groups in total. The highest BCUT2D eigenvalue weighted by Crippen LogP contribution is 2.22. The van der Waals surface area contributed by atoms with Gasteiger partial charge in [-0.1, -0.05) is 35.9 Å². The molecule has 3 amide bonds. The topological polar surface area (TPSA) is 60.9 Å². The lowest BCUT2D eigenvalue weighted by Crippen LogP contribution is -2.53. The molecule has 144 valence electrons. The maximum absolute atomic E-state index is 12.7. The molecular weight excluding hydrogens is 378 g/mol. The van der Waals surface area contributed by atoms with Crippen LogP contribution in [0.5, 0.6) is 0 Å². The molecule has 1 saturated heterocycles. The van der Waals surface area contributed by atoms with Crippen molar-refractivity contribution >= 4 is 35.0 Å². The summed E-state index contributed by atoms with van der Waals surface area (Å²) in [5.41, 5.74) is 2.25. The molecule has 0 unspecified atom stereocenters. The van der Waals surface area contributed by atoms with E-state index in [2.05, 4.69) is 4.90 Å². The van der Waals surface area contributed by atoms with Gasteiger partial charge in [-0.2, -0.15) is 0 Å². The van der Waals surface area contributed by atoms with Crippen LogP contribution in [0.15, 0.2) is 48.5 Å². The van der Waals surface area contributed by atoms with Crippen LogP contribution >= 0.6 is 11.6 Å².